The average Bonchev–Trinajstić information content (AvgIpc) is 3.07. The average molecular weight is 342 g/mol. The molecule has 134 valence electrons. The molecule has 1 unspecified atom stereocenters. The van der Waals surface area contributed by atoms with E-state index in [4.69, 9.17) is 4.74 Å². The van der Waals surface area contributed by atoms with Gasteiger partial charge in [0.2, 0.25) is 5.91 Å². The fourth-order valence-corrected chi connectivity index (χ4v) is 3.55. The van der Waals surface area contributed by atoms with Crippen LogP contribution in [0.2, 0.25) is 0 Å². The van der Waals surface area contributed by atoms with Crippen LogP contribution in [0.5, 0.6) is 0 Å². The molecule has 25 heavy (non-hydrogen) atoms. The van der Waals surface area contributed by atoms with Crippen molar-refractivity contribution in [2.75, 3.05) is 13.2 Å². The third-order valence-electron chi connectivity index (χ3n) is 4.85. The Labute approximate surface area is 148 Å². The summed E-state index contributed by atoms with van der Waals surface area (Å²) in [6, 6.07) is 6.01. The summed E-state index contributed by atoms with van der Waals surface area (Å²) in [4.78, 5) is 29.6. The second kappa shape index (κ2) is 7.40. The molecule has 0 bridgehead atoms. The number of H-pyrrole nitrogens is 1. The zero-order valence-corrected chi connectivity index (χ0v) is 15.2. The van der Waals surface area contributed by atoms with Gasteiger partial charge in [-0.25, -0.2) is 0 Å². The molecule has 1 amide bonds. The first-order chi connectivity index (χ1) is 12.0. The van der Waals surface area contributed by atoms with E-state index in [1.807, 2.05) is 32.9 Å². The fourth-order valence-electron chi connectivity index (χ4n) is 3.55. The number of pyridine rings is 1. The van der Waals surface area contributed by atoms with Crippen LogP contribution in [0.4, 0.5) is 0 Å². The number of rotatable bonds is 5. The van der Waals surface area contributed by atoms with Gasteiger partial charge in [-0.2, -0.15) is 0 Å². The molecule has 0 spiro atoms. The Balaban J connectivity index is 1.91. The van der Waals surface area contributed by atoms with E-state index in [9.17, 15) is 9.59 Å². The number of nitrogens with zero attached hydrogens (tertiary/aromatic N) is 1. The summed E-state index contributed by atoms with van der Waals surface area (Å²) < 4.78 is 5.67. The van der Waals surface area contributed by atoms with Gasteiger partial charge in [0.25, 0.3) is 5.56 Å². The van der Waals surface area contributed by atoms with Gasteiger partial charge in [0, 0.05) is 36.0 Å². The highest BCUT2D eigenvalue weighted by atomic mass is 16.5. The second-order valence-electron chi connectivity index (χ2n) is 6.93. The Morgan fingerprint density at radius 1 is 1.32 bits per heavy atom. The van der Waals surface area contributed by atoms with Crippen molar-refractivity contribution in [2.24, 2.45) is 0 Å². The number of carbonyl (C=O) groups excluding carboxylic acids is 1. The zero-order chi connectivity index (χ0) is 18.0. The van der Waals surface area contributed by atoms with Gasteiger partial charge in [-0.15, -0.1) is 0 Å². The van der Waals surface area contributed by atoms with E-state index in [0.717, 1.165) is 41.5 Å². The molecule has 0 saturated carbocycles. The topological polar surface area (TPSA) is 62.4 Å². The van der Waals surface area contributed by atoms with Gasteiger partial charge < -0.3 is 14.6 Å². The minimum Gasteiger partial charge on any atom is -0.376 e. The lowest BCUT2D eigenvalue weighted by atomic mass is 10.0. The largest absolute Gasteiger partial charge is 0.376 e. The van der Waals surface area contributed by atoms with E-state index in [2.05, 4.69) is 11.1 Å². The van der Waals surface area contributed by atoms with Gasteiger partial charge in [-0.05, 0) is 49.9 Å². The lowest BCUT2D eigenvalue weighted by Crippen LogP contribution is -2.37. The van der Waals surface area contributed by atoms with E-state index in [1.54, 1.807) is 4.90 Å². The minimum absolute atomic E-state index is 0.0515. The van der Waals surface area contributed by atoms with Gasteiger partial charge in [0.1, 0.15) is 0 Å². The third kappa shape index (κ3) is 3.93. The van der Waals surface area contributed by atoms with E-state index in [-0.39, 0.29) is 17.6 Å². The highest BCUT2D eigenvalue weighted by Gasteiger charge is 2.22. The van der Waals surface area contributed by atoms with Crippen LogP contribution in [0.3, 0.4) is 0 Å². The summed E-state index contributed by atoms with van der Waals surface area (Å²) in [5.74, 6) is 0.0515. The van der Waals surface area contributed by atoms with Crippen molar-refractivity contribution >= 4 is 16.8 Å². The summed E-state index contributed by atoms with van der Waals surface area (Å²) in [5.41, 5.74) is 3.59. The van der Waals surface area contributed by atoms with E-state index in [1.165, 1.54) is 0 Å². The molecule has 1 aliphatic heterocycles. The summed E-state index contributed by atoms with van der Waals surface area (Å²) in [6.07, 6.45) is 2.52. The number of nitrogens with one attached hydrogen (secondary N) is 1. The predicted molar refractivity (Wildman–Crippen MR) is 98.7 cm³/mol. The molecule has 2 heterocycles. The smallest absolute Gasteiger partial charge is 0.253 e. The molecule has 1 saturated heterocycles. The van der Waals surface area contributed by atoms with E-state index >= 15 is 0 Å². The van der Waals surface area contributed by atoms with Crippen LogP contribution in [-0.2, 0) is 16.1 Å². The van der Waals surface area contributed by atoms with Crippen molar-refractivity contribution in [3.05, 3.63) is 45.2 Å². The molecular weight excluding hydrogens is 316 g/mol. The Morgan fingerprint density at radius 3 is 2.80 bits per heavy atom. The van der Waals surface area contributed by atoms with E-state index < -0.39 is 0 Å². The highest BCUT2D eigenvalue weighted by Crippen LogP contribution is 2.20. The molecule has 3 rings (SSSR count). The molecule has 1 N–H and O–H groups in total. The highest BCUT2D eigenvalue weighted by molar-refractivity contribution is 5.83. The van der Waals surface area contributed by atoms with Crippen LogP contribution >= 0.6 is 0 Å². The van der Waals surface area contributed by atoms with Crippen LogP contribution in [-0.4, -0.2) is 35.0 Å². The van der Waals surface area contributed by atoms with Crippen molar-refractivity contribution in [3.63, 3.8) is 0 Å². The first-order valence-electron chi connectivity index (χ1n) is 9.00. The monoisotopic (exact) mass is 342 g/mol. The molecule has 1 aliphatic rings. The number of carbonyl (C=O) groups is 1. The molecule has 2 aromatic rings. The number of aromatic nitrogens is 1. The van der Waals surface area contributed by atoms with Gasteiger partial charge in [-0.1, -0.05) is 13.0 Å². The number of benzene rings is 1. The Hall–Kier alpha value is -2.14. The van der Waals surface area contributed by atoms with Crippen molar-refractivity contribution in [1.82, 2.24) is 9.88 Å². The predicted octanol–water partition coefficient (Wildman–Crippen LogP) is 3.06. The van der Waals surface area contributed by atoms with Crippen molar-refractivity contribution in [2.45, 2.75) is 52.7 Å². The van der Waals surface area contributed by atoms with Gasteiger partial charge >= 0.3 is 0 Å². The molecule has 5 heteroatoms. The number of ether oxygens (including phenoxy) is 1. The maximum atomic E-state index is 12.5. The van der Waals surface area contributed by atoms with Gasteiger partial charge in [0.05, 0.1) is 12.6 Å². The zero-order valence-electron chi connectivity index (χ0n) is 15.2. The Morgan fingerprint density at radius 2 is 2.12 bits per heavy atom. The second-order valence-corrected chi connectivity index (χ2v) is 6.93. The van der Waals surface area contributed by atoms with Crippen molar-refractivity contribution < 1.29 is 9.53 Å². The quantitative estimate of drug-likeness (QED) is 0.908. The van der Waals surface area contributed by atoms with Crippen LogP contribution < -0.4 is 5.56 Å². The molecule has 1 atom stereocenters. The summed E-state index contributed by atoms with van der Waals surface area (Å²) in [7, 11) is 0. The van der Waals surface area contributed by atoms with Crippen LogP contribution in [0.15, 0.2) is 23.0 Å². The first kappa shape index (κ1) is 17.7. The molecule has 0 radical (unpaired) electrons. The lowest BCUT2D eigenvalue weighted by molar-refractivity contribution is -0.133. The normalized spacial score (nSPS) is 17.2. The third-order valence-corrected chi connectivity index (χ3v) is 4.85. The number of hydrogen-bond donors (Lipinski definition) is 1. The standard InChI is InChI=1S/C20H26N2O3/c1-4-19(23)22(12-16-6-5-7-25-16)11-15-10-17-14(3)8-13(2)9-18(17)21-20(15)24/h8-10,16H,4-7,11-12H2,1-3H3,(H,21,24). The van der Waals surface area contributed by atoms with Crippen LogP contribution in [0.25, 0.3) is 10.9 Å². The van der Waals surface area contributed by atoms with Crippen LogP contribution in [0, 0.1) is 13.8 Å². The summed E-state index contributed by atoms with van der Waals surface area (Å²) in [6.45, 7) is 7.54. The molecule has 1 fully saturated rings. The van der Waals surface area contributed by atoms with Crippen LogP contribution in [0.1, 0.15) is 42.9 Å². The molecular formula is C20H26N2O3. The molecule has 0 aliphatic carbocycles. The Bertz CT molecular complexity index is 835. The molecule has 5 nitrogen and oxygen atoms in total. The number of hydrogen-bond acceptors (Lipinski definition) is 3. The van der Waals surface area contributed by atoms with Crippen molar-refractivity contribution in [1.29, 1.82) is 0 Å². The first-order valence-corrected chi connectivity index (χ1v) is 9.00. The Kier molecular flexibility index (Phi) is 5.23. The van der Waals surface area contributed by atoms with Crippen molar-refractivity contribution in [3.8, 4) is 0 Å². The molecule has 1 aromatic heterocycles. The lowest BCUT2D eigenvalue weighted by Gasteiger charge is -2.25. The maximum absolute atomic E-state index is 12.5. The fraction of sp³-hybridized carbons (Fsp3) is 0.500. The number of aromatic amines is 1. The number of fused-ring (bicyclic) bond motifs is 1. The molecule has 1 aromatic carbocycles. The maximum Gasteiger partial charge on any atom is 0.253 e. The summed E-state index contributed by atoms with van der Waals surface area (Å²) in [5, 5.41) is 1.03. The summed E-state index contributed by atoms with van der Waals surface area (Å²) >= 11 is 0. The SMILES string of the molecule is CCC(=O)N(Cc1cc2c(C)cc(C)cc2[nH]c1=O)CC1CCCO1. The number of aryl methyl sites for hydroxylation is 2. The minimum atomic E-state index is -0.126. The van der Waals surface area contributed by atoms with E-state index in [0.29, 0.717) is 25.1 Å². The van der Waals surface area contributed by atoms with Gasteiger partial charge in [-0.3, -0.25) is 9.59 Å². The number of amides is 1. The van der Waals surface area contributed by atoms with Gasteiger partial charge in [0.15, 0.2) is 0 Å².